The second-order valence-corrected chi connectivity index (χ2v) is 7.16. The Kier molecular flexibility index (Phi) is 5.01. The number of benzene rings is 1. The predicted molar refractivity (Wildman–Crippen MR) is 86.4 cm³/mol. The van der Waals surface area contributed by atoms with Gasteiger partial charge < -0.3 is 5.32 Å². The van der Waals surface area contributed by atoms with Crippen molar-refractivity contribution >= 4 is 43.2 Å². The van der Waals surface area contributed by atoms with Gasteiger partial charge in [0.2, 0.25) is 0 Å². The van der Waals surface area contributed by atoms with E-state index in [2.05, 4.69) is 81.4 Å². The maximum atomic E-state index is 3.60. The molecule has 0 aliphatic rings. The highest BCUT2D eigenvalue weighted by Crippen LogP contribution is 2.34. The first-order valence-corrected chi connectivity index (χ1v) is 8.26. The molecule has 1 heterocycles. The predicted octanol–water partition coefficient (Wildman–Crippen LogP) is 5.28. The molecule has 96 valence electrons. The molecule has 2 rings (SSSR count). The molecule has 1 N–H and O–H groups in total. The molecular weight excluding hydrogens is 374 g/mol. The van der Waals surface area contributed by atoms with Crippen LogP contribution in [0.3, 0.4) is 0 Å². The van der Waals surface area contributed by atoms with Gasteiger partial charge in [-0.3, -0.25) is 0 Å². The van der Waals surface area contributed by atoms with Crippen molar-refractivity contribution < 1.29 is 0 Å². The smallest absolute Gasteiger partial charge is 0.0671 e. The summed E-state index contributed by atoms with van der Waals surface area (Å²) in [6, 6.07) is 11.0. The molecule has 4 heteroatoms. The third-order valence-corrected chi connectivity index (χ3v) is 5.45. The number of rotatable bonds is 4. The third-order valence-electron chi connectivity index (χ3n) is 2.75. The Labute approximate surface area is 129 Å². The van der Waals surface area contributed by atoms with E-state index in [1.807, 2.05) is 11.3 Å². The quantitative estimate of drug-likeness (QED) is 0.751. The largest absolute Gasteiger partial charge is 0.306 e. The van der Waals surface area contributed by atoms with E-state index in [0.29, 0.717) is 0 Å². The number of thiophene rings is 1. The summed E-state index contributed by atoms with van der Waals surface area (Å²) in [5.74, 6) is 0. The monoisotopic (exact) mass is 387 g/mol. The Morgan fingerprint density at radius 1 is 1.28 bits per heavy atom. The van der Waals surface area contributed by atoms with E-state index in [9.17, 15) is 0 Å². The standard InChI is InChI=1S/C14H15Br2NS/c1-3-17-14(10-5-4-6-11(15)7-10)13-8-12(16)9(2)18-13/h4-8,14,17H,3H2,1-2H3. The Hall–Kier alpha value is -0.160. The van der Waals surface area contributed by atoms with Crippen molar-refractivity contribution in [3.63, 3.8) is 0 Å². The summed E-state index contributed by atoms with van der Waals surface area (Å²) >= 11 is 8.97. The molecule has 1 aromatic heterocycles. The van der Waals surface area contributed by atoms with Gasteiger partial charge in [0.05, 0.1) is 6.04 Å². The number of aryl methyl sites for hydroxylation is 1. The van der Waals surface area contributed by atoms with Gasteiger partial charge in [0.15, 0.2) is 0 Å². The van der Waals surface area contributed by atoms with Crippen molar-refractivity contribution in [3.05, 3.63) is 54.6 Å². The van der Waals surface area contributed by atoms with Crippen LogP contribution in [0.4, 0.5) is 0 Å². The molecule has 0 saturated carbocycles. The molecule has 0 radical (unpaired) electrons. The van der Waals surface area contributed by atoms with Crippen LogP contribution >= 0.6 is 43.2 Å². The van der Waals surface area contributed by atoms with Gasteiger partial charge in [-0.2, -0.15) is 0 Å². The summed E-state index contributed by atoms with van der Waals surface area (Å²) in [6.45, 7) is 5.23. The van der Waals surface area contributed by atoms with Crippen LogP contribution in [-0.4, -0.2) is 6.54 Å². The topological polar surface area (TPSA) is 12.0 Å². The Morgan fingerprint density at radius 3 is 2.61 bits per heavy atom. The molecule has 1 unspecified atom stereocenters. The fourth-order valence-electron chi connectivity index (χ4n) is 1.90. The molecule has 2 aromatic rings. The molecule has 1 nitrogen and oxygen atoms in total. The van der Waals surface area contributed by atoms with Crippen molar-refractivity contribution in [2.45, 2.75) is 19.9 Å². The average molecular weight is 389 g/mol. The average Bonchev–Trinajstić information content (AvgIpc) is 2.66. The van der Waals surface area contributed by atoms with Crippen LogP contribution in [0.2, 0.25) is 0 Å². The highest BCUT2D eigenvalue weighted by molar-refractivity contribution is 9.10. The van der Waals surface area contributed by atoms with Crippen LogP contribution < -0.4 is 5.32 Å². The summed E-state index contributed by atoms with van der Waals surface area (Å²) in [6.07, 6.45) is 0. The Bertz CT molecular complexity index is 517. The Morgan fingerprint density at radius 2 is 2.06 bits per heavy atom. The first kappa shape index (κ1) is 14.3. The minimum absolute atomic E-state index is 0.266. The maximum Gasteiger partial charge on any atom is 0.0671 e. The second kappa shape index (κ2) is 6.33. The number of hydrogen-bond acceptors (Lipinski definition) is 2. The van der Waals surface area contributed by atoms with Crippen LogP contribution in [-0.2, 0) is 0 Å². The van der Waals surface area contributed by atoms with E-state index in [0.717, 1.165) is 11.0 Å². The van der Waals surface area contributed by atoms with E-state index >= 15 is 0 Å². The van der Waals surface area contributed by atoms with Crippen LogP contribution in [0.1, 0.15) is 28.3 Å². The van der Waals surface area contributed by atoms with Crippen LogP contribution in [0.5, 0.6) is 0 Å². The maximum absolute atomic E-state index is 3.60. The molecular formula is C14H15Br2NS. The van der Waals surface area contributed by atoms with Gasteiger partial charge in [0.25, 0.3) is 0 Å². The zero-order chi connectivity index (χ0) is 13.1. The summed E-state index contributed by atoms with van der Waals surface area (Å²) in [5, 5.41) is 3.55. The first-order valence-electron chi connectivity index (χ1n) is 5.86. The molecule has 1 atom stereocenters. The van der Waals surface area contributed by atoms with Crippen LogP contribution in [0, 0.1) is 6.92 Å². The number of halogens is 2. The van der Waals surface area contributed by atoms with Crippen LogP contribution in [0.25, 0.3) is 0 Å². The summed E-state index contributed by atoms with van der Waals surface area (Å²) in [4.78, 5) is 2.67. The molecule has 0 amide bonds. The molecule has 0 spiro atoms. The molecule has 0 aliphatic carbocycles. The second-order valence-electron chi connectivity index (χ2n) is 4.10. The van der Waals surface area contributed by atoms with Crippen LogP contribution in [0.15, 0.2) is 39.3 Å². The minimum Gasteiger partial charge on any atom is -0.306 e. The summed E-state index contributed by atoms with van der Waals surface area (Å²) < 4.78 is 2.32. The molecule has 1 aromatic carbocycles. The van der Waals surface area contributed by atoms with Gasteiger partial charge in [-0.25, -0.2) is 0 Å². The zero-order valence-corrected chi connectivity index (χ0v) is 14.3. The Balaban J connectivity index is 2.39. The normalized spacial score (nSPS) is 12.7. The van der Waals surface area contributed by atoms with Crippen molar-refractivity contribution in [2.75, 3.05) is 6.54 Å². The lowest BCUT2D eigenvalue weighted by molar-refractivity contribution is 0.639. The van der Waals surface area contributed by atoms with Crippen molar-refractivity contribution in [3.8, 4) is 0 Å². The van der Waals surface area contributed by atoms with Gasteiger partial charge in [-0.05, 0) is 53.2 Å². The lowest BCUT2D eigenvalue weighted by Gasteiger charge is -2.17. The number of hydrogen-bond donors (Lipinski definition) is 1. The van der Waals surface area contributed by atoms with E-state index < -0.39 is 0 Å². The molecule has 0 bridgehead atoms. The van der Waals surface area contributed by atoms with E-state index in [4.69, 9.17) is 0 Å². The van der Waals surface area contributed by atoms with Crippen molar-refractivity contribution in [1.29, 1.82) is 0 Å². The van der Waals surface area contributed by atoms with E-state index in [1.54, 1.807) is 0 Å². The molecule has 0 saturated heterocycles. The van der Waals surface area contributed by atoms with Gasteiger partial charge in [0, 0.05) is 18.7 Å². The zero-order valence-electron chi connectivity index (χ0n) is 10.3. The van der Waals surface area contributed by atoms with E-state index in [-0.39, 0.29) is 6.04 Å². The van der Waals surface area contributed by atoms with Gasteiger partial charge in [0.1, 0.15) is 0 Å². The van der Waals surface area contributed by atoms with Crippen molar-refractivity contribution in [2.24, 2.45) is 0 Å². The lowest BCUT2D eigenvalue weighted by Crippen LogP contribution is -2.21. The molecule has 18 heavy (non-hydrogen) atoms. The fraction of sp³-hybridized carbons (Fsp3) is 0.286. The fourth-order valence-corrected chi connectivity index (χ4v) is 3.98. The van der Waals surface area contributed by atoms with Gasteiger partial charge in [-0.15, -0.1) is 11.3 Å². The highest BCUT2D eigenvalue weighted by atomic mass is 79.9. The summed E-state index contributed by atoms with van der Waals surface area (Å²) in [5.41, 5.74) is 1.29. The SMILES string of the molecule is CCNC(c1cccc(Br)c1)c1cc(Br)c(C)s1. The highest BCUT2D eigenvalue weighted by Gasteiger charge is 2.16. The molecule has 0 aliphatic heterocycles. The van der Waals surface area contributed by atoms with E-state index in [1.165, 1.54) is 19.8 Å². The first-order chi connectivity index (χ1) is 8.61. The van der Waals surface area contributed by atoms with Gasteiger partial charge >= 0.3 is 0 Å². The van der Waals surface area contributed by atoms with Crippen molar-refractivity contribution in [1.82, 2.24) is 5.32 Å². The number of nitrogens with one attached hydrogen (secondary N) is 1. The molecule has 0 fully saturated rings. The minimum atomic E-state index is 0.266. The van der Waals surface area contributed by atoms with Gasteiger partial charge in [-0.1, -0.05) is 35.0 Å². The lowest BCUT2D eigenvalue weighted by atomic mass is 10.1. The third kappa shape index (κ3) is 3.23. The summed E-state index contributed by atoms with van der Waals surface area (Å²) in [7, 11) is 0.